The van der Waals surface area contributed by atoms with Crippen molar-refractivity contribution in [3.8, 4) is 0 Å². The lowest BCUT2D eigenvalue weighted by Crippen LogP contribution is -2.41. The number of nitrogens with one attached hydrogen (secondary N) is 1. The number of aryl methyl sites for hydroxylation is 1. The van der Waals surface area contributed by atoms with Gasteiger partial charge in [0.25, 0.3) is 0 Å². The summed E-state index contributed by atoms with van der Waals surface area (Å²) in [4.78, 5) is 22.7. The average molecular weight is 343 g/mol. The zero-order chi connectivity index (χ0) is 17.8. The quantitative estimate of drug-likeness (QED) is 0.727. The van der Waals surface area contributed by atoms with E-state index in [1.165, 1.54) is 25.3 Å². The Balaban J connectivity index is 3.21. The second kappa shape index (κ2) is 7.56. The fraction of sp³-hybridized carbons (Fsp3) is 0.467. The van der Waals surface area contributed by atoms with Crippen molar-refractivity contribution in [2.24, 2.45) is 5.92 Å². The molecule has 0 heterocycles. The Kier molecular flexibility index (Phi) is 6.28. The molecule has 7 nitrogen and oxygen atoms in total. The van der Waals surface area contributed by atoms with Crippen LogP contribution < -0.4 is 4.72 Å². The molecule has 0 aliphatic heterocycles. The van der Waals surface area contributed by atoms with Gasteiger partial charge in [0.2, 0.25) is 10.0 Å². The van der Waals surface area contributed by atoms with E-state index in [2.05, 4.69) is 9.46 Å². The summed E-state index contributed by atoms with van der Waals surface area (Å²) < 4.78 is 31.7. The van der Waals surface area contributed by atoms with Crippen molar-refractivity contribution in [2.75, 3.05) is 7.11 Å². The van der Waals surface area contributed by atoms with Crippen LogP contribution in [0.3, 0.4) is 0 Å². The van der Waals surface area contributed by atoms with Gasteiger partial charge in [-0.25, -0.2) is 13.2 Å². The summed E-state index contributed by atoms with van der Waals surface area (Å²) in [6, 6.07) is 2.86. The first kappa shape index (κ1) is 19.1. The topological polar surface area (TPSA) is 110 Å². The Morgan fingerprint density at radius 1 is 1.30 bits per heavy atom. The number of carbonyl (C=O) groups excluding carboxylic acids is 1. The van der Waals surface area contributed by atoms with Crippen LogP contribution in [0.2, 0.25) is 0 Å². The third-order valence-corrected chi connectivity index (χ3v) is 4.82. The van der Waals surface area contributed by atoms with Crippen LogP contribution in [0.5, 0.6) is 0 Å². The Bertz CT molecular complexity index is 696. The zero-order valence-electron chi connectivity index (χ0n) is 13.5. The molecule has 128 valence electrons. The summed E-state index contributed by atoms with van der Waals surface area (Å²) in [5, 5.41) is 9.18. The van der Waals surface area contributed by atoms with Crippen molar-refractivity contribution in [3.63, 3.8) is 0 Å². The number of carboxylic acids is 1. The summed E-state index contributed by atoms with van der Waals surface area (Å²) in [5.74, 6) is -1.91. The van der Waals surface area contributed by atoms with Gasteiger partial charge >= 0.3 is 11.9 Å². The van der Waals surface area contributed by atoms with Gasteiger partial charge in [-0.2, -0.15) is 4.72 Å². The van der Waals surface area contributed by atoms with E-state index in [-0.39, 0.29) is 22.8 Å². The van der Waals surface area contributed by atoms with Crippen LogP contribution in [0.4, 0.5) is 0 Å². The molecule has 0 saturated carbocycles. The van der Waals surface area contributed by atoms with Crippen molar-refractivity contribution in [3.05, 3.63) is 29.3 Å². The summed E-state index contributed by atoms with van der Waals surface area (Å²) in [5.41, 5.74) is 0.480. The summed E-state index contributed by atoms with van der Waals surface area (Å²) in [6.45, 7) is 5.16. The lowest BCUT2D eigenvalue weighted by Gasteiger charge is -2.17. The van der Waals surface area contributed by atoms with E-state index >= 15 is 0 Å². The van der Waals surface area contributed by atoms with Gasteiger partial charge in [-0.15, -0.1) is 0 Å². The standard InChI is InChI=1S/C15H21NO6S/c1-9(2)7-12(14(17)18)16-23(20,21)13-8-11(15(19)22-4)6-5-10(13)3/h5-6,8-9,12,16H,7H2,1-4H3,(H,17,18)/t12-/m1/s1. The van der Waals surface area contributed by atoms with Crippen LogP contribution in [0.25, 0.3) is 0 Å². The lowest BCUT2D eigenvalue weighted by molar-refractivity contribution is -0.139. The van der Waals surface area contributed by atoms with E-state index in [1.54, 1.807) is 20.8 Å². The van der Waals surface area contributed by atoms with E-state index in [9.17, 15) is 23.1 Å². The van der Waals surface area contributed by atoms with Crippen molar-refractivity contribution >= 4 is 22.0 Å². The monoisotopic (exact) mass is 343 g/mol. The molecule has 1 atom stereocenters. The Morgan fingerprint density at radius 3 is 2.39 bits per heavy atom. The van der Waals surface area contributed by atoms with E-state index in [1.807, 2.05) is 0 Å². The minimum atomic E-state index is -4.08. The van der Waals surface area contributed by atoms with Gasteiger partial charge in [-0.1, -0.05) is 19.9 Å². The summed E-state index contributed by atoms with van der Waals surface area (Å²) in [7, 11) is -2.89. The van der Waals surface area contributed by atoms with Crippen LogP contribution in [0.15, 0.2) is 23.1 Å². The SMILES string of the molecule is COC(=O)c1ccc(C)c(S(=O)(=O)N[C@H](CC(C)C)C(=O)O)c1. The van der Waals surface area contributed by atoms with Crippen molar-refractivity contribution in [2.45, 2.75) is 38.1 Å². The van der Waals surface area contributed by atoms with Gasteiger partial charge < -0.3 is 9.84 Å². The van der Waals surface area contributed by atoms with Gasteiger partial charge in [0.1, 0.15) is 6.04 Å². The van der Waals surface area contributed by atoms with E-state index < -0.39 is 28.0 Å². The van der Waals surface area contributed by atoms with E-state index in [4.69, 9.17) is 0 Å². The second-order valence-corrected chi connectivity index (χ2v) is 7.30. The maximum atomic E-state index is 12.5. The van der Waals surface area contributed by atoms with Crippen molar-refractivity contribution < 1.29 is 27.9 Å². The van der Waals surface area contributed by atoms with Crippen LogP contribution >= 0.6 is 0 Å². The molecular formula is C15H21NO6S. The molecule has 0 radical (unpaired) electrons. The van der Waals surface area contributed by atoms with E-state index in [0.717, 1.165) is 0 Å². The van der Waals surface area contributed by atoms with Gasteiger partial charge in [0, 0.05) is 0 Å². The molecule has 0 aliphatic carbocycles. The maximum absolute atomic E-state index is 12.5. The molecule has 0 bridgehead atoms. The average Bonchev–Trinajstić information content (AvgIpc) is 2.45. The number of methoxy groups -OCH3 is 1. The minimum absolute atomic E-state index is 0.00120. The molecule has 1 rings (SSSR count). The highest BCUT2D eigenvalue weighted by Gasteiger charge is 2.27. The van der Waals surface area contributed by atoms with Gasteiger partial charge in [0.05, 0.1) is 17.6 Å². The van der Waals surface area contributed by atoms with Gasteiger partial charge in [0.15, 0.2) is 0 Å². The molecule has 0 aromatic heterocycles. The van der Waals surface area contributed by atoms with Gasteiger partial charge in [-0.05, 0) is 37.0 Å². The smallest absolute Gasteiger partial charge is 0.337 e. The largest absolute Gasteiger partial charge is 0.480 e. The van der Waals surface area contributed by atoms with Crippen LogP contribution in [0, 0.1) is 12.8 Å². The van der Waals surface area contributed by atoms with Gasteiger partial charge in [-0.3, -0.25) is 4.79 Å². The number of carboxylic acid groups (broad SMARTS) is 1. The lowest BCUT2D eigenvalue weighted by atomic mass is 10.1. The molecule has 8 heteroatoms. The van der Waals surface area contributed by atoms with E-state index in [0.29, 0.717) is 5.56 Å². The second-order valence-electron chi connectivity index (χ2n) is 5.61. The maximum Gasteiger partial charge on any atom is 0.337 e. The molecule has 0 unspecified atom stereocenters. The highest BCUT2D eigenvalue weighted by atomic mass is 32.2. The molecule has 0 spiro atoms. The summed E-state index contributed by atoms with van der Waals surface area (Å²) >= 11 is 0. The third-order valence-electron chi connectivity index (χ3n) is 3.20. The predicted molar refractivity (Wildman–Crippen MR) is 83.7 cm³/mol. The number of carbonyl (C=O) groups is 2. The van der Waals surface area contributed by atoms with Crippen LogP contribution in [-0.2, 0) is 19.6 Å². The first-order valence-electron chi connectivity index (χ1n) is 7.02. The number of esters is 1. The molecular weight excluding hydrogens is 322 g/mol. The molecule has 0 amide bonds. The number of hydrogen-bond donors (Lipinski definition) is 2. The molecule has 23 heavy (non-hydrogen) atoms. The molecule has 0 saturated heterocycles. The fourth-order valence-electron chi connectivity index (χ4n) is 2.06. The first-order valence-corrected chi connectivity index (χ1v) is 8.51. The van der Waals surface area contributed by atoms with Crippen molar-refractivity contribution in [1.82, 2.24) is 4.72 Å². The highest BCUT2D eigenvalue weighted by Crippen LogP contribution is 2.19. The van der Waals surface area contributed by atoms with Crippen LogP contribution in [0.1, 0.15) is 36.2 Å². The first-order chi connectivity index (χ1) is 10.6. The van der Waals surface area contributed by atoms with Crippen molar-refractivity contribution in [1.29, 1.82) is 0 Å². The Morgan fingerprint density at radius 2 is 1.91 bits per heavy atom. The number of rotatable bonds is 7. The minimum Gasteiger partial charge on any atom is -0.480 e. The summed E-state index contributed by atoms with van der Waals surface area (Å²) in [6.07, 6.45) is 0.157. The normalized spacial score (nSPS) is 12.9. The predicted octanol–water partition coefficient (Wildman–Crippen LogP) is 1.56. The fourth-order valence-corrected chi connectivity index (χ4v) is 3.53. The molecule has 0 fully saturated rings. The third kappa shape index (κ3) is 5.04. The number of sulfonamides is 1. The zero-order valence-corrected chi connectivity index (χ0v) is 14.3. The molecule has 2 N–H and O–H groups in total. The number of ether oxygens (including phenoxy) is 1. The Labute approximate surface area is 135 Å². The Hall–Kier alpha value is -1.93. The molecule has 1 aromatic carbocycles. The highest BCUT2D eigenvalue weighted by molar-refractivity contribution is 7.89. The number of hydrogen-bond acceptors (Lipinski definition) is 5. The number of benzene rings is 1. The number of aliphatic carboxylic acids is 1. The van der Waals surface area contributed by atoms with Crippen LogP contribution in [-0.4, -0.2) is 38.6 Å². The molecule has 1 aromatic rings. The molecule has 0 aliphatic rings.